The molecule has 4 rings (SSSR count). The molecule has 0 N–H and O–H groups in total. The number of methoxy groups -OCH3 is 1. The van der Waals surface area contributed by atoms with Crippen LogP contribution in [0.3, 0.4) is 0 Å². The van der Waals surface area contributed by atoms with Gasteiger partial charge in [0.2, 0.25) is 0 Å². The van der Waals surface area contributed by atoms with E-state index in [1.807, 2.05) is 12.1 Å². The van der Waals surface area contributed by atoms with E-state index in [0.29, 0.717) is 17.0 Å². The highest BCUT2D eigenvalue weighted by molar-refractivity contribution is 7.92. The predicted octanol–water partition coefficient (Wildman–Crippen LogP) is 4.77. The number of nitrogens with zero attached hydrogens (tertiary/aromatic N) is 1. The van der Waals surface area contributed by atoms with Gasteiger partial charge in [-0.3, -0.25) is 4.31 Å². The van der Waals surface area contributed by atoms with Crippen LogP contribution in [-0.2, 0) is 10.0 Å². The molecule has 4 nitrogen and oxygen atoms in total. The number of para-hydroxylation sites is 1. The lowest BCUT2D eigenvalue weighted by Crippen LogP contribution is -2.36. The summed E-state index contributed by atoms with van der Waals surface area (Å²) in [5, 5.41) is 0. The fourth-order valence-electron chi connectivity index (χ4n) is 3.55. The van der Waals surface area contributed by atoms with Crippen molar-refractivity contribution in [2.45, 2.75) is 17.9 Å². The Morgan fingerprint density at radius 1 is 0.963 bits per heavy atom. The summed E-state index contributed by atoms with van der Waals surface area (Å²) in [4.78, 5) is 0.157. The second-order valence-corrected chi connectivity index (χ2v) is 8.22. The summed E-state index contributed by atoms with van der Waals surface area (Å²) in [6.45, 7) is 1.77. The zero-order chi connectivity index (χ0) is 19.2. The molecule has 0 amide bonds. The van der Waals surface area contributed by atoms with Crippen molar-refractivity contribution < 1.29 is 17.5 Å². The summed E-state index contributed by atoms with van der Waals surface area (Å²) in [5.41, 5.74) is 2.84. The average molecular weight is 383 g/mol. The molecule has 27 heavy (non-hydrogen) atoms. The van der Waals surface area contributed by atoms with Gasteiger partial charge in [0, 0.05) is 5.56 Å². The third-order valence-electron chi connectivity index (χ3n) is 4.86. The highest BCUT2D eigenvalue weighted by atomic mass is 32.2. The van der Waals surface area contributed by atoms with Gasteiger partial charge in [-0.05, 0) is 60.5 Å². The molecule has 0 aliphatic carbocycles. The van der Waals surface area contributed by atoms with Gasteiger partial charge >= 0.3 is 0 Å². The summed E-state index contributed by atoms with van der Waals surface area (Å²) < 4.78 is 47.3. The molecule has 138 valence electrons. The molecule has 1 unspecified atom stereocenters. The molecular formula is C21H18FNO3S. The van der Waals surface area contributed by atoms with Crippen LogP contribution in [0.1, 0.15) is 18.5 Å². The van der Waals surface area contributed by atoms with Crippen LogP contribution in [0.4, 0.5) is 10.1 Å². The standard InChI is InChI=1S/C21H18FNO3S/c1-14-20-13-15(22)7-12-18(20)19-5-3-4-6-21(19)23(14)27(24,25)17-10-8-16(26-2)9-11-17/h3-14H,1-2H3. The van der Waals surface area contributed by atoms with Crippen LogP contribution in [-0.4, -0.2) is 15.5 Å². The van der Waals surface area contributed by atoms with Crippen LogP contribution >= 0.6 is 0 Å². The van der Waals surface area contributed by atoms with E-state index in [2.05, 4.69) is 0 Å². The van der Waals surface area contributed by atoms with Crippen molar-refractivity contribution in [1.29, 1.82) is 0 Å². The Hall–Kier alpha value is -2.86. The van der Waals surface area contributed by atoms with Crippen LogP contribution in [0.2, 0.25) is 0 Å². The second kappa shape index (κ2) is 6.39. The van der Waals surface area contributed by atoms with Gasteiger partial charge in [-0.2, -0.15) is 0 Å². The molecule has 0 saturated carbocycles. The van der Waals surface area contributed by atoms with Crippen molar-refractivity contribution in [3.63, 3.8) is 0 Å². The lowest BCUT2D eigenvalue weighted by molar-refractivity contribution is 0.414. The second-order valence-electron chi connectivity index (χ2n) is 6.40. The minimum atomic E-state index is -3.85. The minimum absolute atomic E-state index is 0.157. The summed E-state index contributed by atoms with van der Waals surface area (Å²) in [6.07, 6.45) is 0. The maximum absolute atomic E-state index is 13.9. The average Bonchev–Trinajstić information content (AvgIpc) is 2.68. The fourth-order valence-corrected chi connectivity index (χ4v) is 5.21. The number of hydrogen-bond acceptors (Lipinski definition) is 3. The first-order valence-corrected chi connectivity index (χ1v) is 9.95. The Kier molecular flexibility index (Phi) is 4.15. The number of benzene rings is 3. The number of hydrogen-bond donors (Lipinski definition) is 0. The fraction of sp³-hybridized carbons (Fsp3) is 0.143. The van der Waals surface area contributed by atoms with E-state index in [4.69, 9.17) is 4.74 Å². The summed E-state index contributed by atoms with van der Waals surface area (Å²) in [6, 6.07) is 17.5. The zero-order valence-corrected chi connectivity index (χ0v) is 15.7. The van der Waals surface area contributed by atoms with Crippen LogP contribution in [0.25, 0.3) is 11.1 Å². The quantitative estimate of drug-likeness (QED) is 0.654. The van der Waals surface area contributed by atoms with Crippen molar-refractivity contribution in [1.82, 2.24) is 0 Å². The Morgan fingerprint density at radius 2 is 1.67 bits per heavy atom. The molecule has 0 radical (unpaired) electrons. The summed E-state index contributed by atoms with van der Waals surface area (Å²) in [5.74, 6) is 0.190. The van der Waals surface area contributed by atoms with Crippen molar-refractivity contribution in [3.05, 3.63) is 78.1 Å². The Morgan fingerprint density at radius 3 is 2.37 bits per heavy atom. The molecule has 0 spiro atoms. The van der Waals surface area contributed by atoms with Gasteiger partial charge in [0.15, 0.2) is 0 Å². The van der Waals surface area contributed by atoms with Gasteiger partial charge in [0.1, 0.15) is 11.6 Å². The molecule has 0 aromatic heterocycles. The van der Waals surface area contributed by atoms with Crippen molar-refractivity contribution >= 4 is 15.7 Å². The number of anilines is 1. The maximum atomic E-state index is 13.9. The molecule has 6 heteroatoms. The molecule has 0 saturated heterocycles. The number of sulfonamides is 1. The van der Waals surface area contributed by atoms with E-state index in [0.717, 1.165) is 11.1 Å². The van der Waals surface area contributed by atoms with Gasteiger partial charge in [0.05, 0.1) is 23.7 Å². The van der Waals surface area contributed by atoms with E-state index in [1.165, 1.54) is 35.7 Å². The molecule has 1 heterocycles. The largest absolute Gasteiger partial charge is 0.497 e. The Labute approximate surface area is 157 Å². The predicted molar refractivity (Wildman–Crippen MR) is 103 cm³/mol. The van der Waals surface area contributed by atoms with Gasteiger partial charge < -0.3 is 4.74 Å². The van der Waals surface area contributed by atoms with Gasteiger partial charge in [-0.25, -0.2) is 12.8 Å². The van der Waals surface area contributed by atoms with Gasteiger partial charge in [-0.1, -0.05) is 24.3 Å². The van der Waals surface area contributed by atoms with E-state index in [1.54, 1.807) is 37.3 Å². The van der Waals surface area contributed by atoms with E-state index in [9.17, 15) is 12.8 Å². The van der Waals surface area contributed by atoms with Gasteiger partial charge in [0.25, 0.3) is 10.0 Å². The van der Waals surface area contributed by atoms with Crippen molar-refractivity contribution in [2.75, 3.05) is 11.4 Å². The minimum Gasteiger partial charge on any atom is -0.497 e. The van der Waals surface area contributed by atoms with Crippen LogP contribution in [0.15, 0.2) is 71.6 Å². The highest BCUT2D eigenvalue weighted by Crippen LogP contribution is 2.47. The molecule has 1 atom stereocenters. The Balaban J connectivity index is 1.92. The van der Waals surface area contributed by atoms with Crippen molar-refractivity contribution in [3.8, 4) is 16.9 Å². The van der Waals surface area contributed by atoms with Crippen LogP contribution < -0.4 is 9.04 Å². The van der Waals surface area contributed by atoms with Crippen LogP contribution in [0.5, 0.6) is 5.75 Å². The first-order chi connectivity index (χ1) is 12.9. The first-order valence-electron chi connectivity index (χ1n) is 8.51. The molecule has 3 aromatic rings. The topological polar surface area (TPSA) is 46.6 Å². The summed E-state index contributed by atoms with van der Waals surface area (Å²) >= 11 is 0. The van der Waals surface area contributed by atoms with Crippen molar-refractivity contribution in [2.24, 2.45) is 0 Å². The van der Waals surface area contributed by atoms with Gasteiger partial charge in [-0.15, -0.1) is 0 Å². The smallest absolute Gasteiger partial charge is 0.264 e. The molecule has 0 bridgehead atoms. The monoisotopic (exact) mass is 383 g/mol. The number of rotatable bonds is 3. The lowest BCUT2D eigenvalue weighted by Gasteiger charge is -2.37. The third kappa shape index (κ3) is 2.77. The van der Waals surface area contributed by atoms with E-state index >= 15 is 0 Å². The maximum Gasteiger partial charge on any atom is 0.264 e. The third-order valence-corrected chi connectivity index (χ3v) is 6.76. The molecule has 3 aromatic carbocycles. The molecular weight excluding hydrogens is 365 g/mol. The molecule has 1 aliphatic heterocycles. The number of ether oxygens (including phenoxy) is 1. The summed E-state index contributed by atoms with van der Waals surface area (Å²) in [7, 11) is -2.32. The normalized spacial score (nSPS) is 15.8. The first kappa shape index (κ1) is 17.5. The van der Waals surface area contributed by atoms with E-state index < -0.39 is 16.1 Å². The lowest BCUT2D eigenvalue weighted by atomic mass is 9.90. The Bertz CT molecular complexity index is 1110. The van der Waals surface area contributed by atoms with Crippen LogP contribution in [0, 0.1) is 5.82 Å². The number of fused-ring (bicyclic) bond motifs is 3. The molecule has 1 aliphatic rings. The van der Waals surface area contributed by atoms with E-state index in [-0.39, 0.29) is 10.7 Å². The highest BCUT2D eigenvalue weighted by Gasteiger charge is 2.36. The SMILES string of the molecule is COc1ccc(S(=O)(=O)N2c3ccccc3-c3ccc(F)cc3C2C)cc1. The zero-order valence-electron chi connectivity index (χ0n) is 14.9. The molecule has 0 fully saturated rings. The number of halogens is 1.